The van der Waals surface area contributed by atoms with Crippen LogP contribution >= 0.6 is 12.4 Å². The molecule has 1 aromatic rings. The van der Waals surface area contributed by atoms with Crippen molar-refractivity contribution in [1.82, 2.24) is 5.32 Å². The van der Waals surface area contributed by atoms with Crippen molar-refractivity contribution in [2.45, 2.75) is 32.2 Å². The highest BCUT2D eigenvalue weighted by molar-refractivity contribution is 5.85. The van der Waals surface area contributed by atoms with Crippen molar-refractivity contribution in [3.8, 4) is 0 Å². The molecule has 94 valence electrons. The van der Waals surface area contributed by atoms with E-state index in [2.05, 4.69) is 23.5 Å². The van der Waals surface area contributed by atoms with Gasteiger partial charge < -0.3 is 10.4 Å². The Hall–Kier alpha value is -1.06. The number of rotatable bonds is 3. The second-order valence-electron chi connectivity index (χ2n) is 4.45. The van der Waals surface area contributed by atoms with Gasteiger partial charge in [0, 0.05) is 6.54 Å². The van der Waals surface area contributed by atoms with Crippen molar-refractivity contribution in [2.75, 3.05) is 6.54 Å². The van der Waals surface area contributed by atoms with Crippen molar-refractivity contribution in [3.05, 3.63) is 34.9 Å². The lowest BCUT2D eigenvalue weighted by molar-refractivity contribution is -0.137. The molecule has 0 aliphatic carbocycles. The standard InChI is InChI=1S/C13H17NO2.ClH/c1-9(6-13(15)16)10-2-3-12-8-14-5-4-11(12)7-10;/h2-3,7,9,14H,4-6,8H2,1H3,(H,15,16);1H. The Kier molecular flexibility index (Phi) is 4.97. The molecule has 0 fully saturated rings. The topological polar surface area (TPSA) is 49.3 Å². The van der Waals surface area contributed by atoms with Crippen LogP contribution in [0.25, 0.3) is 0 Å². The number of hydrogen-bond donors (Lipinski definition) is 2. The molecule has 0 saturated carbocycles. The Labute approximate surface area is 108 Å². The molecule has 1 aliphatic rings. The second-order valence-corrected chi connectivity index (χ2v) is 4.45. The number of carboxylic acid groups (broad SMARTS) is 1. The van der Waals surface area contributed by atoms with Gasteiger partial charge in [-0.25, -0.2) is 0 Å². The monoisotopic (exact) mass is 255 g/mol. The van der Waals surface area contributed by atoms with Gasteiger partial charge >= 0.3 is 5.97 Å². The third-order valence-electron chi connectivity index (χ3n) is 3.17. The number of carbonyl (C=O) groups is 1. The first-order chi connectivity index (χ1) is 7.66. The molecule has 17 heavy (non-hydrogen) atoms. The van der Waals surface area contributed by atoms with Gasteiger partial charge in [-0.05, 0) is 35.6 Å². The molecule has 2 rings (SSSR count). The first-order valence-electron chi connectivity index (χ1n) is 5.71. The Morgan fingerprint density at radius 3 is 2.94 bits per heavy atom. The molecule has 0 spiro atoms. The van der Waals surface area contributed by atoms with Gasteiger partial charge in [-0.3, -0.25) is 4.79 Å². The van der Waals surface area contributed by atoms with E-state index in [-0.39, 0.29) is 24.7 Å². The number of benzene rings is 1. The van der Waals surface area contributed by atoms with Crippen LogP contribution in [0.2, 0.25) is 0 Å². The third-order valence-corrected chi connectivity index (χ3v) is 3.17. The van der Waals surface area contributed by atoms with E-state index in [0.29, 0.717) is 0 Å². The summed E-state index contributed by atoms with van der Waals surface area (Å²) in [6.07, 6.45) is 1.25. The molecule has 2 N–H and O–H groups in total. The lowest BCUT2D eigenvalue weighted by Gasteiger charge is -2.19. The van der Waals surface area contributed by atoms with Gasteiger partial charge in [0.25, 0.3) is 0 Å². The molecule has 1 aliphatic heterocycles. The van der Waals surface area contributed by atoms with Crippen molar-refractivity contribution in [1.29, 1.82) is 0 Å². The summed E-state index contributed by atoms with van der Waals surface area (Å²) < 4.78 is 0. The van der Waals surface area contributed by atoms with Gasteiger partial charge in [-0.1, -0.05) is 25.1 Å². The molecule has 0 saturated heterocycles. The van der Waals surface area contributed by atoms with E-state index in [1.54, 1.807) is 0 Å². The molecule has 4 heteroatoms. The molecule has 3 nitrogen and oxygen atoms in total. The summed E-state index contributed by atoms with van der Waals surface area (Å²) in [5.41, 5.74) is 3.86. The lowest BCUT2D eigenvalue weighted by atomic mass is 9.91. The van der Waals surface area contributed by atoms with Crippen LogP contribution in [0.15, 0.2) is 18.2 Å². The first kappa shape index (κ1) is 14.0. The smallest absolute Gasteiger partial charge is 0.303 e. The number of halogens is 1. The highest BCUT2D eigenvalue weighted by Crippen LogP contribution is 2.23. The molecule has 0 amide bonds. The maximum atomic E-state index is 10.7. The van der Waals surface area contributed by atoms with Crippen LogP contribution in [0.3, 0.4) is 0 Å². The lowest BCUT2D eigenvalue weighted by Crippen LogP contribution is -2.23. The molecule has 1 heterocycles. The molecule has 0 radical (unpaired) electrons. The summed E-state index contributed by atoms with van der Waals surface area (Å²) in [7, 11) is 0. The Morgan fingerprint density at radius 1 is 1.47 bits per heavy atom. The zero-order valence-electron chi connectivity index (χ0n) is 9.90. The quantitative estimate of drug-likeness (QED) is 0.872. The van der Waals surface area contributed by atoms with Crippen LogP contribution in [-0.4, -0.2) is 17.6 Å². The number of aliphatic carboxylic acids is 1. The summed E-state index contributed by atoms with van der Waals surface area (Å²) in [5.74, 6) is -0.635. The van der Waals surface area contributed by atoms with E-state index < -0.39 is 5.97 Å². The first-order valence-corrected chi connectivity index (χ1v) is 5.71. The zero-order chi connectivity index (χ0) is 11.5. The number of carboxylic acids is 1. The van der Waals surface area contributed by atoms with Crippen LogP contribution in [-0.2, 0) is 17.8 Å². The van der Waals surface area contributed by atoms with E-state index in [1.807, 2.05) is 6.92 Å². The van der Waals surface area contributed by atoms with Crippen molar-refractivity contribution in [3.63, 3.8) is 0 Å². The van der Waals surface area contributed by atoms with E-state index in [9.17, 15) is 4.79 Å². The fourth-order valence-corrected chi connectivity index (χ4v) is 2.18. The van der Waals surface area contributed by atoms with Crippen LogP contribution in [0, 0.1) is 0 Å². The maximum absolute atomic E-state index is 10.7. The van der Waals surface area contributed by atoms with E-state index in [0.717, 1.165) is 25.1 Å². The highest BCUT2D eigenvalue weighted by Gasteiger charge is 2.13. The van der Waals surface area contributed by atoms with E-state index in [1.165, 1.54) is 11.1 Å². The van der Waals surface area contributed by atoms with Gasteiger partial charge in [0.05, 0.1) is 6.42 Å². The van der Waals surface area contributed by atoms with Crippen LogP contribution < -0.4 is 5.32 Å². The molecule has 0 bridgehead atoms. The highest BCUT2D eigenvalue weighted by atomic mass is 35.5. The van der Waals surface area contributed by atoms with Crippen LogP contribution in [0.4, 0.5) is 0 Å². The number of nitrogens with one attached hydrogen (secondary N) is 1. The van der Waals surface area contributed by atoms with Crippen molar-refractivity contribution < 1.29 is 9.90 Å². The van der Waals surface area contributed by atoms with Gasteiger partial charge in [0.15, 0.2) is 0 Å². The van der Waals surface area contributed by atoms with E-state index >= 15 is 0 Å². The Bertz CT molecular complexity index is 406. The minimum Gasteiger partial charge on any atom is -0.481 e. The van der Waals surface area contributed by atoms with Gasteiger partial charge in [-0.2, -0.15) is 0 Å². The molecular formula is C13H18ClNO2. The minimum absolute atomic E-state index is 0. The molecule has 0 aromatic heterocycles. The molecule has 1 aromatic carbocycles. The van der Waals surface area contributed by atoms with Crippen LogP contribution in [0.5, 0.6) is 0 Å². The predicted octanol–water partition coefficient (Wildman–Crippen LogP) is 2.33. The summed E-state index contributed by atoms with van der Waals surface area (Å²) in [5, 5.41) is 12.1. The normalized spacial score (nSPS) is 15.6. The van der Waals surface area contributed by atoms with E-state index in [4.69, 9.17) is 5.11 Å². The largest absolute Gasteiger partial charge is 0.481 e. The summed E-state index contributed by atoms with van der Waals surface area (Å²) in [6, 6.07) is 6.35. The summed E-state index contributed by atoms with van der Waals surface area (Å²) >= 11 is 0. The molecule has 1 atom stereocenters. The number of fused-ring (bicyclic) bond motifs is 1. The SMILES string of the molecule is CC(CC(=O)O)c1ccc2c(c1)CCNC2.Cl. The van der Waals surface area contributed by atoms with Crippen molar-refractivity contribution in [2.24, 2.45) is 0 Å². The molecule has 1 unspecified atom stereocenters. The summed E-state index contributed by atoms with van der Waals surface area (Å²) in [6.45, 7) is 3.92. The molecular weight excluding hydrogens is 238 g/mol. The Morgan fingerprint density at radius 2 is 2.24 bits per heavy atom. The second kappa shape index (κ2) is 6.03. The predicted molar refractivity (Wildman–Crippen MR) is 69.8 cm³/mol. The van der Waals surface area contributed by atoms with Gasteiger partial charge in [-0.15, -0.1) is 12.4 Å². The summed E-state index contributed by atoms with van der Waals surface area (Å²) in [4.78, 5) is 10.7. The van der Waals surface area contributed by atoms with Crippen molar-refractivity contribution >= 4 is 18.4 Å². The fraction of sp³-hybridized carbons (Fsp3) is 0.462. The van der Waals surface area contributed by atoms with Gasteiger partial charge in [0.2, 0.25) is 0 Å². The fourth-order valence-electron chi connectivity index (χ4n) is 2.18. The zero-order valence-corrected chi connectivity index (χ0v) is 10.7. The Balaban J connectivity index is 0.00000144. The van der Waals surface area contributed by atoms with Crippen LogP contribution in [0.1, 0.15) is 36.0 Å². The average molecular weight is 256 g/mol. The maximum Gasteiger partial charge on any atom is 0.303 e. The average Bonchev–Trinajstić information content (AvgIpc) is 2.27. The van der Waals surface area contributed by atoms with Gasteiger partial charge in [0.1, 0.15) is 0 Å². The minimum atomic E-state index is -0.730. The number of hydrogen-bond acceptors (Lipinski definition) is 2. The third kappa shape index (κ3) is 3.45.